The van der Waals surface area contributed by atoms with Crippen molar-refractivity contribution in [3.63, 3.8) is 0 Å². The maximum absolute atomic E-state index is 12.7. The fourth-order valence-corrected chi connectivity index (χ4v) is 3.30. The second-order valence-corrected chi connectivity index (χ2v) is 7.50. The van der Waals surface area contributed by atoms with Crippen molar-refractivity contribution >= 4 is 30.0 Å². The summed E-state index contributed by atoms with van der Waals surface area (Å²) in [5.41, 5.74) is 5.43. The van der Waals surface area contributed by atoms with Crippen LogP contribution in [0.1, 0.15) is 54.9 Å². The van der Waals surface area contributed by atoms with Crippen molar-refractivity contribution in [3.8, 4) is 5.69 Å². The number of carboxylic acids is 1. The van der Waals surface area contributed by atoms with Crippen molar-refractivity contribution in [2.75, 3.05) is 6.79 Å². The van der Waals surface area contributed by atoms with Gasteiger partial charge < -0.3 is 19.1 Å². The number of aromatic nitrogens is 1. The van der Waals surface area contributed by atoms with E-state index in [0.29, 0.717) is 11.3 Å². The first-order chi connectivity index (χ1) is 16.7. The Balaban J connectivity index is 1.86. The van der Waals surface area contributed by atoms with E-state index in [9.17, 15) is 19.2 Å². The van der Waals surface area contributed by atoms with Crippen LogP contribution in [0, 0.1) is 13.8 Å². The van der Waals surface area contributed by atoms with Gasteiger partial charge in [-0.05, 0) is 61.9 Å². The number of nitrogens with zero attached hydrogens (tertiary/aromatic N) is 2. The van der Waals surface area contributed by atoms with Gasteiger partial charge in [0.25, 0.3) is 5.91 Å². The van der Waals surface area contributed by atoms with E-state index in [1.807, 2.05) is 26.0 Å². The fourth-order valence-electron chi connectivity index (χ4n) is 3.30. The van der Waals surface area contributed by atoms with Gasteiger partial charge in [-0.25, -0.2) is 15.0 Å². The Morgan fingerprint density at radius 2 is 1.69 bits per heavy atom. The SMILES string of the molecule is CC(=O)OCOC(=O)c1ccc(C(=O)N/N=C/c2cccc(C(=O)O)c2)cc1-n1c(C)ccc1C. The van der Waals surface area contributed by atoms with E-state index in [4.69, 9.17) is 9.84 Å². The molecule has 0 saturated carbocycles. The number of hydrogen-bond acceptors (Lipinski definition) is 7. The highest BCUT2D eigenvalue weighted by atomic mass is 16.7. The third kappa shape index (κ3) is 6.20. The van der Waals surface area contributed by atoms with Crippen molar-refractivity contribution in [1.29, 1.82) is 0 Å². The molecule has 1 aromatic heterocycles. The summed E-state index contributed by atoms with van der Waals surface area (Å²) in [7, 11) is 0. The minimum Gasteiger partial charge on any atom is -0.478 e. The lowest BCUT2D eigenvalue weighted by atomic mass is 10.1. The number of aromatic carboxylic acids is 1. The largest absolute Gasteiger partial charge is 0.478 e. The molecular formula is C25H23N3O7. The van der Waals surface area contributed by atoms with Crippen LogP contribution in [0.3, 0.4) is 0 Å². The highest BCUT2D eigenvalue weighted by Crippen LogP contribution is 2.23. The molecule has 0 fully saturated rings. The highest BCUT2D eigenvalue weighted by molar-refractivity contribution is 5.99. The summed E-state index contributed by atoms with van der Waals surface area (Å²) in [6.07, 6.45) is 1.33. The highest BCUT2D eigenvalue weighted by Gasteiger charge is 2.19. The number of rotatable bonds is 8. The molecule has 0 unspecified atom stereocenters. The number of carboxylic acid groups (broad SMARTS) is 1. The molecule has 0 aliphatic carbocycles. The Morgan fingerprint density at radius 1 is 0.971 bits per heavy atom. The number of carbonyl (C=O) groups is 4. The number of hydrogen-bond donors (Lipinski definition) is 2. The summed E-state index contributed by atoms with van der Waals surface area (Å²) in [5.74, 6) is -2.92. The smallest absolute Gasteiger partial charge is 0.343 e. The third-order valence-electron chi connectivity index (χ3n) is 4.96. The number of hydrazone groups is 1. The van der Waals surface area contributed by atoms with Crippen LogP contribution >= 0.6 is 0 Å². The number of nitrogens with one attached hydrogen (secondary N) is 1. The van der Waals surface area contributed by atoms with Gasteiger partial charge >= 0.3 is 17.9 Å². The molecule has 180 valence electrons. The van der Waals surface area contributed by atoms with E-state index < -0.39 is 30.6 Å². The number of carbonyl (C=O) groups excluding carboxylic acids is 3. The first-order valence-electron chi connectivity index (χ1n) is 10.4. The Bertz CT molecular complexity index is 1300. The number of aryl methyl sites for hydroxylation is 2. The Hall–Kier alpha value is -4.73. The van der Waals surface area contributed by atoms with E-state index in [1.54, 1.807) is 16.7 Å². The van der Waals surface area contributed by atoms with E-state index in [0.717, 1.165) is 11.4 Å². The average Bonchev–Trinajstić information content (AvgIpc) is 3.16. The normalized spacial score (nSPS) is 10.7. The lowest BCUT2D eigenvalue weighted by Crippen LogP contribution is -2.20. The minimum absolute atomic E-state index is 0.0959. The molecule has 0 aliphatic heterocycles. The monoisotopic (exact) mass is 477 g/mol. The molecule has 0 saturated heterocycles. The summed E-state index contributed by atoms with van der Waals surface area (Å²) in [6, 6.07) is 14.2. The van der Waals surface area contributed by atoms with Crippen LogP contribution in [0.15, 0.2) is 59.7 Å². The van der Waals surface area contributed by atoms with Gasteiger partial charge in [0.15, 0.2) is 0 Å². The molecule has 0 aliphatic rings. The van der Waals surface area contributed by atoms with E-state index in [-0.39, 0.29) is 16.7 Å². The molecule has 2 aromatic carbocycles. The van der Waals surface area contributed by atoms with Gasteiger partial charge in [-0.15, -0.1) is 0 Å². The Labute approximate surface area is 200 Å². The van der Waals surface area contributed by atoms with Crippen molar-refractivity contribution in [2.24, 2.45) is 5.10 Å². The third-order valence-corrected chi connectivity index (χ3v) is 4.96. The van der Waals surface area contributed by atoms with Gasteiger partial charge in [0, 0.05) is 23.9 Å². The predicted octanol–water partition coefficient (Wildman–Crippen LogP) is 3.23. The standard InChI is InChI=1S/C25H23N3O7/c1-15-7-8-16(2)28(15)22-12-19(9-10-21(22)25(33)35-14-34-17(3)29)23(30)27-26-13-18-5-4-6-20(11-18)24(31)32/h4-13H,14H2,1-3H3,(H,27,30)(H,31,32)/b26-13+. The molecule has 0 radical (unpaired) electrons. The zero-order valence-electron chi connectivity index (χ0n) is 19.3. The molecule has 3 aromatic rings. The first kappa shape index (κ1) is 24.9. The Morgan fingerprint density at radius 3 is 2.34 bits per heavy atom. The molecule has 10 nitrogen and oxygen atoms in total. The molecular weight excluding hydrogens is 454 g/mol. The topological polar surface area (TPSA) is 136 Å². The zero-order chi connectivity index (χ0) is 25.5. The molecule has 1 heterocycles. The molecule has 0 atom stereocenters. The number of ether oxygens (including phenoxy) is 2. The first-order valence-corrected chi connectivity index (χ1v) is 10.4. The fraction of sp³-hybridized carbons (Fsp3) is 0.160. The summed E-state index contributed by atoms with van der Waals surface area (Å²) < 4.78 is 11.5. The average molecular weight is 477 g/mol. The Kier molecular flexibility index (Phi) is 7.77. The van der Waals surface area contributed by atoms with Crippen LogP contribution in [-0.4, -0.2) is 46.5 Å². The maximum atomic E-state index is 12.7. The van der Waals surface area contributed by atoms with Gasteiger partial charge in [0.2, 0.25) is 6.79 Å². The van der Waals surface area contributed by atoms with Crippen LogP contribution in [0.25, 0.3) is 5.69 Å². The van der Waals surface area contributed by atoms with Crippen molar-refractivity contribution in [3.05, 3.63) is 88.2 Å². The van der Waals surface area contributed by atoms with Gasteiger partial charge in [0.05, 0.1) is 23.0 Å². The summed E-state index contributed by atoms with van der Waals surface area (Å²) in [6.45, 7) is 4.37. The molecule has 10 heteroatoms. The quantitative estimate of drug-likeness (QED) is 0.220. The van der Waals surface area contributed by atoms with Gasteiger partial charge in [-0.2, -0.15) is 5.10 Å². The number of amides is 1. The zero-order valence-corrected chi connectivity index (χ0v) is 19.3. The van der Waals surface area contributed by atoms with Crippen LogP contribution < -0.4 is 5.43 Å². The van der Waals surface area contributed by atoms with E-state index in [1.165, 1.54) is 43.5 Å². The summed E-state index contributed by atoms with van der Waals surface area (Å²) in [5, 5.41) is 13.0. The summed E-state index contributed by atoms with van der Waals surface area (Å²) in [4.78, 5) is 47.4. The molecule has 2 N–H and O–H groups in total. The number of esters is 2. The van der Waals surface area contributed by atoms with Crippen molar-refractivity contribution in [2.45, 2.75) is 20.8 Å². The van der Waals surface area contributed by atoms with Crippen LogP contribution in [-0.2, 0) is 14.3 Å². The molecule has 0 bridgehead atoms. The van der Waals surface area contributed by atoms with Crippen LogP contribution in [0.5, 0.6) is 0 Å². The van der Waals surface area contributed by atoms with E-state index in [2.05, 4.69) is 15.3 Å². The molecule has 0 spiro atoms. The van der Waals surface area contributed by atoms with Crippen LogP contribution in [0.2, 0.25) is 0 Å². The lowest BCUT2D eigenvalue weighted by molar-refractivity contribution is -0.149. The van der Waals surface area contributed by atoms with Gasteiger partial charge in [-0.1, -0.05) is 12.1 Å². The van der Waals surface area contributed by atoms with E-state index >= 15 is 0 Å². The molecule has 3 rings (SSSR count). The molecule has 35 heavy (non-hydrogen) atoms. The predicted molar refractivity (Wildman–Crippen MR) is 126 cm³/mol. The second-order valence-electron chi connectivity index (χ2n) is 7.50. The second kappa shape index (κ2) is 10.9. The molecule has 1 amide bonds. The minimum atomic E-state index is -1.07. The number of benzene rings is 2. The lowest BCUT2D eigenvalue weighted by Gasteiger charge is -2.15. The maximum Gasteiger partial charge on any atom is 0.343 e. The van der Waals surface area contributed by atoms with Crippen molar-refractivity contribution < 1.29 is 33.8 Å². The van der Waals surface area contributed by atoms with Crippen LogP contribution in [0.4, 0.5) is 0 Å². The summed E-state index contributed by atoms with van der Waals surface area (Å²) >= 11 is 0. The van der Waals surface area contributed by atoms with Gasteiger partial charge in [-0.3, -0.25) is 9.59 Å². The van der Waals surface area contributed by atoms with Gasteiger partial charge in [0.1, 0.15) is 0 Å². The van der Waals surface area contributed by atoms with Crippen molar-refractivity contribution in [1.82, 2.24) is 9.99 Å².